The third kappa shape index (κ3) is 4.69. The predicted molar refractivity (Wildman–Crippen MR) is 103 cm³/mol. The van der Waals surface area contributed by atoms with Gasteiger partial charge in [-0.25, -0.2) is 4.79 Å². The SMILES string of the molecule is COc1ccccc1C(=O)NCCCOC(=O)c1snnc1-c1cccs1. The van der Waals surface area contributed by atoms with Gasteiger partial charge in [-0.15, -0.1) is 16.4 Å². The van der Waals surface area contributed by atoms with Crippen LogP contribution in [0.2, 0.25) is 0 Å². The van der Waals surface area contributed by atoms with Crippen molar-refractivity contribution in [1.29, 1.82) is 0 Å². The number of benzene rings is 1. The molecule has 0 atom stereocenters. The van der Waals surface area contributed by atoms with Gasteiger partial charge in [0.1, 0.15) is 11.4 Å². The molecule has 7 nitrogen and oxygen atoms in total. The van der Waals surface area contributed by atoms with E-state index >= 15 is 0 Å². The Morgan fingerprint density at radius 2 is 2.04 bits per heavy atom. The van der Waals surface area contributed by atoms with Gasteiger partial charge in [-0.3, -0.25) is 4.79 Å². The first kappa shape index (κ1) is 19.0. The van der Waals surface area contributed by atoms with Gasteiger partial charge in [0.25, 0.3) is 5.91 Å². The minimum Gasteiger partial charge on any atom is -0.496 e. The van der Waals surface area contributed by atoms with Crippen LogP contribution in [0, 0.1) is 0 Å². The molecule has 0 spiro atoms. The standard InChI is InChI=1S/C18H17N3O4S2/c1-24-13-7-3-2-6-12(13)17(22)19-9-5-10-25-18(23)16-15(20-21-27-16)14-8-4-11-26-14/h2-4,6-8,11H,5,9-10H2,1H3,(H,19,22). The van der Waals surface area contributed by atoms with E-state index in [1.54, 1.807) is 24.3 Å². The van der Waals surface area contributed by atoms with E-state index in [0.29, 0.717) is 34.8 Å². The first-order valence-corrected chi connectivity index (χ1v) is 9.80. The first-order chi connectivity index (χ1) is 13.2. The van der Waals surface area contributed by atoms with Crippen molar-refractivity contribution in [3.8, 4) is 16.3 Å². The fourth-order valence-corrected chi connectivity index (χ4v) is 3.69. The number of aromatic nitrogens is 2. The highest BCUT2D eigenvalue weighted by atomic mass is 32.1. The zero-order valence-corrected chi connectivity index (χ0v) is 16.1. The van der Waals surface area contributed by atoms with Gasteiger partial charge in [0.15, 0.2) is 4.88 Å². The van der Waals surface area contributed by atoms with E-state index in [2.05, 4.69) is 14.9 Å². The molecule has 0 unspecified atom stereocenters. The van der Waals surface area contributed by atoms with Crippen LogP contribution in [-0.2, 0) is 4.74 Å². The molecular formula is C18H17N3O4S2. The van der Waals surface area contributed by atoms with Crippen LogP contribution in [0.1, 0.15) is 26.5 Å². The molecule has 3 rings (SSSR count). The fourth-order valence-electron chi connectivity index (χ4n) is 2.33. The second-order valence-electron chi connectivity index (χ2n) is 5.37. The zero-order valence-electron chi connectivity index (χ0n) is 14.5. The number of amides is 1. The van der Waals surface area contributed by atoms with E-state index in [1.165, 1.54) is 18.4 Å². The molecule has 0 bridgehead atoms. The van der Waals surface area contributed by atoms with Crippen LogP contribution in [0.3, 0.4) is 0 Å². The van der Waals surface area contributed by atoms with Crippen LogP contribution >= 0.6 is 22.9 Å². The summed E-state index contributed by atoms with van der Waals surface area (Å²) in [5.41, 5.74) is 1.01. The van der Waals surface area contributed by atoms with Crippen LogP contribution in [-0.4, -0.2) is 41.7 Å². The van der Waals surface area contributed by atoms with Crippen molar-refractivity contribution in [1.82, 2.24) is 14.9 Å². The molecule has 2 heterocycles. The molecule has 9 heteroatoms. The lowest BCUT2D eigenvalue weighted by atomic mass is 10.2. The van der Waals surface area contributed by atoms with Crippen LogP contribution in [0.15, 0.2) is 41.8 Å². The normalized spacial score (nSPS) is 10.4. The van der Waals surface area contributed by atoms with E-state index < -0.39 is 5.97 Å². The Balaban J connectivity index is 1.45. The number of rotatable bonds is 8. The van der Waals surface area contributed by atoms with Crippen LogP contribution in [0.4, 0.5) is 0 Å². The van der Waals surface area contributed by atoms with E-state index in [-0.39, 0.29) is 12.5 Å². The molecule has 0 saturated heterocycles. The molecule has 27 heavy (non-hydrogen) atoms. The second-order valence-corrected chi connectivity index (χ2v) is 7.08. The quantitative estimate of drug-likeness (QED) is 0.459. The Labute approximate surface area is 164 Å². The summed E-state index contributed by atoms with van der Waals surface area (Å²) in [4.78, 5) is 25.7. The Kier molecular flexibility index (Phi) is 6.50. The number of nitrogens with zero attached hydrogens (tertiary/aromatic N) is 2. The number of nitrogens with one attached hydrogen (secondary N) is 1. The number of esters is 1. The molecule has 0 aliphatic carbocycles. The second kappa shape index (κ2) is 9.24. The average Bonchev–Trinajstić information content (AvgIpc) is 3.38. The highest BCUT2D eigenvalue weighted by Gasteiger charge is 2.19. The minimum atomic E-state index is -0.454. The summed E-state index contributed by atoms with van der Waals surface area (Å²) in [6.07, 6.45) is 0.493. The van der Waals surface area contributed by atoms with E-state index in [4.69, 9.17) is 9.47 Å². The summed E-state index contributed by atoms with van der Waals surface area (Å²) in [6, 6.07) is 10.8. The van der Waals surface area contributed by atoms with Crippen molar-refractivity contribution in [2.45, 2.75) is 6.42 Å². The highest BCUT2D eigenvalue weighted by molar-refractivity contribution is 7.14. The minimum absolute atomic E-state index is 0.187. The fraction of sp³-hybridized carbons (Fsp3) is 0.222. The molecule has 3 aromatic rings. The van der Waals surface area contributed by atoms with Crippen LogP contribution < -0.4 is 10.1 Å². The van der Waals surface area contributed by atoms with Gasteiger partial charge >= 0.3 is 5.97 Å². The van der Waals surface area contributed by atoms with Gasteiger partial charge in [-0.1, -0.05) is 22.7 Å². The maximum Gasteiger partial charge on any atom is 0.352 e. The molecule has 0 saturated carbocycles. The predicted octanol–water partition coefficient (Wildman–Crippen LogP) is 3.25. The van der Waals surface area contributed by atoms with Crippen molar-refractivity contribution in [3.05, 3.63) is 52.2 Å². The van der Waals surface area contributed by atoms with Gasteiger partial charge in [0.2, 0.25) is 0 Å². The van der Waals surface area contributed by atoms with Crippen molar-refractivity contribution in [3.63, 3.8) is 0 Å². The Bertz CT molecular complexity index is 909. The van der Waals surface area contributed by atoms with Gasteiger partial charge in [-0.2, -0.15) is 0 Å². The van der Waals surface area contributed by atoms with Gasteiger partial charge in [0.05, 0.1) is 24.2 Å². The number of thiophene rings is 1. The molecule has 0 aliphatic rings. The molecule has 0 radical (unpaired) electrons. The molecule has 2 aromatic heterocycles. The lowest BCUT2D eigenvalue weighted by Gasteiger charge is -2.09. The van der Waals surface area contributed by atoms with Crippen molar-refractivity contribution in [2.24, 2.45) is 0 Å². The van der Waals surface area contributed by atoms with Crippen LogP contribution in [0.25, 0.3) is 10.6 Å². The Morgan fingerprint density at radius 3 is 2.81 bits per heavy atom. The number of hydrogen-bond donors (Lipinski definition) is 1. The summed E-state index contributed by atoms with van der Waals surface area (Å²) in [7, 11) is 1.52. The van der Waals surface area contributed by atoms with E-state index in [0.717, 1.165) is 16.4 Å². The summed E-state index contributed by atoms with van der Waals surface area (Å²) in [5, 5.41) is 8.70. The molecule has 0 aliphatic heterocycles. The first-order valence-electron chi connectivity index (χ1n) is 8.15. The number of carbonyl (C=O) groups excluding carboxylic acids is 2. The van der Waals surface area contributed by atoms with E-state index in [1.807, 2.05) is 17.5 Å². The zero-order chi connectivity index (χ0) is 19.1. The molecule has 140 valence electrons. The maximum atomic E-state index is 12.2. The van der Waals surface area contributed by atoms with Gasteiger partial charge < -0.3 is 14.8 Å². The molecule has 1 aromatic carbocycles. The summed E-state index contributed by atoms with van der Waals surface area (Å²) < 4.78 is 14.3. The summed E-state index contributed by atoms with van der Waals surface area (Å²) >= 11 is 2.50. The Morgan fingerprint density at radius 1 is 1.19 bits per heavy atom. The van der Waals surface area contributed by atoms with E-state index in [9.17, 15) is 9.59 Å². The molecule has 1 N–H and O–H groups in total. The molecular weight excluding hydrogens is 386 g/mol. The largest absolute Gasteiger partial charge is 0.496 e. The maximum absolute atomic E-state index is 12.2. The lowest BCUT2D eigenvalue weighted by Crippen LogP contribution is -2.26. The number of hydrogen-bond acceptors (Lipinski definition) is 8. The van der Waals surface area contributed by atoms with Gasteiger partial charge in [-0.05, 0) is 41.5 Å². The van der Waals surface area contributed by atoms with Crippen molar-refractivity contribution in [2.75, 3.05) is 20.3 Å². The number of methoxy groups -OCH3 is 1. The molecule has 0 fully saturated rings. The monoisotopic (exact) mass is 403 g/mol. The number of ether oxygens (including phenoxy) is 2. The third-order valence-electron chi connectivity index (χ3n) is 3.62. The molecule has 1 amide bonds. The lowest BCUT2D eigenvalue weighted by molar-refractivity contribution is 0.0507. The van der Waals surface area contributed by atoms with Crippen molar-refractivity contribution >= 4 is 34.7 Å². The third-order valence-corrected chi connectivity index (χ3v) is 5.20. The topological polar surface area (TPSA) is 90.4 Å². The smallest absolute Gasteiger partial charge is 0.352 e. The number of para-hydroxylation sites is 1. The van der Waals surface area contributed by atoms with Gasteiger partial charge in [0, 0.05) is 6.54 Å². The number of carbonyl (C=O) groups is 2. The highest BCUT2D eigenvalue weighted by Crippen LogP contribution is 2.28. The Hall–Kier alpha value is -2.78. The average molecular weight is 403 g/mol. The van der Waals surface area contributed by atoms with Crippen LogP contribution in [0.5, 0.6) is 5.75 Å². The van der Waals surface area contributed by atoms with Crippen molar-refractivity contribution < 1.29 is 19.1 Å². The summed E-state index contributed by atoms with van der Waals surface area (Å²) in [5.74, 6) is -0.171. The summed E-state index contributed by atoms with van der Waals surface area (Å²) in [6.45, 7) is 0.565.